The van der Waals surface area contributed by atoms with Gasteiger partial charge in [-0.3, -0.25) is 0 Å². The standard InChI is InChI=1S/C12H18ClNO/c1-4-14-12(9(2)15-3)10-7-5-6-8-11(10)13/h5-9,12,14H,4H2,1-3H3. The van der Waals surface area contributed by atoms with Crippen molar-refractivity contribution in [3.8, 4) is 0 Å². The summed E-state index contributed by atoms with van der Waals surface area (Å²) in [4.78, 5) is 0. The number of hydrogen-bond acceptors (Lipinski definition) is 2. The van der Waals surface area contributed by atoms with Crippen LogP contribution >= 0.6 is 11.6 Å². The number of ether oxygens (including phenoxy) is 1. The molecule has 1 rings (SSSR count). The third kappa shape index (κ3) is 3.20. The predicted octanol–water partition coefficient (Wildman–Crippen LogP) is 3.03. The summed E-state index contributed by atoms with van der Waals surface area (Å²) in [7, 11) is 1.71. The van der Waals surface area contributed by atoms with Crippen LogP contribution in [0.15, 0.2) is 24.3 Å². The zero-order valence-electron chi connectivity index (χ0n) is 9.46. The number of halogens is 1. The Kier molecular flexibility index (Phi) is 5.09. The molecule has 1 aromatic carbocycles. The van der Waals surface area contributed by atoms with Gasteiger partial charge in [0.15, 0.2) is 0 Å². The van der Waals surface area contributed by atoms with Gasteiger partial charge in [-0.2, -0.15) is 0 Å². The lowest BCUT2D eigenvalue weighted by molar-refractivity contribution is 0.0836. The van der Waals surface area contributed by atoms with Crippen LogP contribution in [0.3, 0.4) is 0 Å². The molecular weight excluding hydrogens is 210 g/mol. The fourth-order valence-electron chi connectivity index (χ4n) is 1.61. The SMILES string of the molecule is CCNC(c1ccccc1Cl)C(C)OC. The molecule has 2 nitrogen and oxygen atoms in total. The van der Waals surface area contributed by atoms with Gasteiger partial charge >= 0.3 is 0 Å². The highest BCUT2D eigenvalue weighted by atomic mass is 35.5. The van der Waals surface area contributed by atoms with Gasteiger partial charge in [0.25, 0.3) is 0 Å². The van der Waals surface area contributed by atoms with Crippen LogP contribution in [0.25, 0.3) is 0 Å². The third-order valence-electron chi connectivity index (χ3n) is 2.51. The van der Waals surface area contributed by atoms with Gasteiger partial charge in [0.2, 0.25) is 0 Å². The van der Waals surface area contributed by atoms with Crippen LogP contribution in [-0.4, -0.2) is 19.8 Å². The quantitative estimate of drug-likeness (QED) is 0.835. The Morgan fingerprint density at radius 2 is 2.07 bits per heavy atom. The summed E-state index contributed by atoms with van der Waals surface area (Å²) in [6.45, 7) is 5.01. The topological polar surface area (TPSA) is 21.3 Å². The van der Waals surface area contributed by atoms with Gasteiger partial charge < -0.3 is 10.1 Å². The average molecular weight is 228 g/mol. The Labute approximate surface area is 96.6 Å². The molecule has 0 amide bonds. The van der Waals surface area contributed by atoms with Gasteiger partial charge in [-0.1, -0.05) is 36.7 Å². The predicted molar refractivity (Wildman–Crippen MR) is 64.3 cm³/mol. The van der Waals surface area contributed by atoms with Gasteiger partial charge in [-0.05, 0) is 25.1 Å². The summed E-state index contributed by atoms with van der Waals surface area (Å²) >= 11 is 6.16. The van der Waals surface area contributed by atoms with E-state index in [0.717, 1.165) is 17.1 Å². The molecule has 1 aromatic rings. The van der Waals surface area contributed by atoms with E-state index in [0.29, 0.717) is 0 Å². The molecule has 84 valence electrons. The van der Waals surface area contributed by atoms with Crippen molar-refractivity contribution in [1.82, 2.24) is 5.32 Å². The van der Waals surface area contributed by atoms with E-state index in [4.69, 9.17) is 16.3 Å². The molecule has 1 N–H and O–H groups in total. The van der Waals surface area contributed by atoms with E-state index < -0.39 is 0 Å². The van der Waals surface area contributed by atoms with Gasteiger partial charge in [-0.25, -0.2) is 0 Å². The lowest BCUT2D eigenvalue weighted by atomic mass is 10.0. The summed E-state index contributed by atoms with van der Waals surface area (Å²) in [5.41, 5.74) is 1.09. The minimum absolute atomic E-state index is 0.102. The van der Waals surface area contributed by atoms with Crippen molar-refractivity contribution < 1.29 is 4.74 Å². The smallest absolute Gasteiger partial charge is 0.0738 e. The van der Waals surface area contributed by atoms with E-state index in [1.165, 1.54) is 0 Å². The molecule has 0 saturated carbocycles. The molecule has 3 heteroatoms. The summed E-state index contributed by atoms with van der Waals surface area (Å²) in [6.07, 6.45) is 0.102. The molecular formula is C12H18ClNO. The highest BCUT2D eigenvalue weighted by molar-refractivity contribution is 6.31. The number of methoxy groups -OCH3 is 1. The molecule has 2 atom stereocenters. The molecule has 0 bridgehead atoms. The maximum absolute atomic E-state index is 6.16. The minimum atomic E-state index is 0.102. The Bertz CT molecular complexity index is 303. The molecule has 0 heterocycles. The zero-order chi connectivity index (χ0) is 11.3. The first-order valence-corrected chi connectivity index (χ1v) is 5.59. The maximum Gasteiger partial charge on any atom is 0.0738 e. The first-order valence-electron chi connectivity index (χ1n) is 5.21. The summed E-state index contributed by atoms with van der Waals surface area (Å²) < 4.78 is 5.35. The van der Waals surface area contributed by atoms with E-state index in [2.05, 4.69) is 12.2 Å². The number of hydrogen-bond donors (Lipinski definition) is 1. The molecule has 0 aliphatic carbocycles. The van der Waals surface area contributed by atoms with E-state index >= 15 is 0 Å². The minimum Gasteiger partial charge on any atom is -0.380 e. The van der Waals surface area contributed by atoms with Crippen LogP contribution in [0.1, 0.15) is 25.5 Å². The van der Waals surface area contributed by atoms with Crippen molar-refractivity contribution >= 4 is 11.6 Å². The lowest BCUT2D eigenvalue weighted by Crippen LogP contribution is -2.31. The van der Waals surface area contributed by atoms with Gasteiger partial charge in [0.1, 0.15) is 0 Å². The Morgan fingerprint density at radius 3 is 2.60 bits per heavy atom. The second-order valence-corrected chi connectivity index (χ2v) is 3.90. The van der Waals surface area contributed by atoms with Crippen LogP contribution < -0.4 is 5.32 Å². The Morgan fingerprint density at radius 1 is 1.40 bits per heavy atom. The Balaban J connectivity index is 2.93. The number of likely N-dealkylation sites (N-methyl/N-ethyl adjacent to an activating group) is 1. The molecule has 0 aromatic heterocycles. The summed E-state index contributed by atoms with van der Waals surface area (Å²) in [5.74, 6) is 0. The van der Waals surface area contributed by atoms with Gasteiger partial charge in [0.05, 0.1) is 12.1 Å². The first-order chi connectivity index (χ1) is 7.20. The van der Waals surface area contributed by atoms with Crippen molar-refractivity contribution in [3.63, 3.8) is 0 Å². The number of rotatable bonds is 5. The van der Waals surface area contributed by atoms with Crippen LogP contribution in [-0.2, 0) is 4.74 Å². The second-order valence-electron chi connectivity index (χ2n) is 3.50. The monoisotopic (exact) mass is 227 g/mol. The van der Waals surface area contributed by atoms with E-state index in [1.807, 2.05) is 31.2 Å². The number of benzene rings is 1. The highest BCUT2D eigenvalue weighted by Gasteiger charge is 2.19. The summed E-state index contributed by atoms with van der Waals surface area (Å²) in [6, 6.07) is 8.02. The van der Waals surface area contributed by atoms with Crippen molar-refractivity contribution in [2.75, 3.05) is 13.7 Å². The maximum atomic E-state index is 6.16. The number of nitrogens with one attached hydrogen (secondary N) is 1. The molecule has 0 saturated heterocycles. The normalized spacial score (nSPS) is 14.9. The van der Waals surface area contributed by atoms with Crippen LogP contribution in [0.2, 0.25) is 5.02 Å². The van der Waals surface area contributed by atoms with Crippen LogP contribution in [0.4, 0.5) is 0 Å². The van der Waals surface area contributed by atoms with Crippen molar-refractivity contribution in [3.05, 3.63) is 34.9 Å². The molecule has 2 unspecified atom stereocenters. The van der Waals surface area contributed by atoms with Crippen LogP contribution in [0.5, 0.6) is 0 Å². The van der Waals surface area contributed by atoms with E-state index in [-0.39, 0.29) is 12.1 Å². The lowest BCUT2D eigenvalue weighted by Gasteiger charge is -2.24. The zero-order valence-corrected chi connectivity index (χ0v) is 10.2. The third-order valence-corrected chi connectivity index (χ3v) is 2.85. The second kappa shape index (κ2) is 6.11. The Hall–Kier alpha value is -0.570. The molecule has 0 fully saturated rings. The highest BCUT2D eigenvalue weighted by Crippen LogP contribution is 2.25. The summed E-state index contributed by atoms with van der Waals surface area (Å²) in [5, 5.41) is 4.17. The fourth-order valence-corrected chi connectivity index (χ4v) is 1.87. The fraction of sp³-hybridized carbons (Fsp3) is 0.500. The molecule has 15 heavy (non-hydrogen) atoms. The molecule has 0 radical (unpaired) electrons. The van der Waals surface area contributed by atoms with Crippen molar-refractivity contribution in [1.29, 1.82) is 0 Å². The molecule has 0 spiro atoms. The van der Waals surface area contributed by atoms with Crippen LogP contribution in [0, 0.1) is 0 Å². The van der Waals surface area contributed by atoms with E-state index in [1.54, 1.807) is 7.11 Å². The first kappa shape index (κ1) is 12.5. The van der Waals surface area contributed by atoms with Crippen molar-refractivity contribution in [2.24, 2.45) is 0 Å². The molecule has 0 aliphatic heterocycles. The van der Waals surface area contributed by atoms with Crippen molar-refractivity contribution in [2.45, 2.75) is 26.0 Å². The van der Waals surface area contributed by atoms with Gasteiger partial charge in [-0.15, -0.1) is 0 Å². The average Bonchev–Trinajstić information content (AvgIpc) is 2.26. The molecule has 0 aliphatic rings. The largest absolute Gasteiger partial charge is 0.380 e. The van der Waals surface area contributed by atoms with E-state index in [9.17, 15) is 0 Å². The van der Waals surface area contributed by atoms with Gasteiger partial charge in [0, 0.05) is 12.1 Å².